The van der Waals surface area contributed by atoms with Crippen LogP contribution in [-0.2, 0) is 0 Å². The average molecular weight is 327 g/mol. The summed E-state index contributed by atoms with van der Waals surface area (Å²) in [6.07, 6.45) is 1.53. The molecule has 116 valence electrons. The Kier molecular flexibility index (Phi) is 3.87. The molecule has 0 spiro atoms. The third-order valence-corrected chi connectivity index (χ3v) is 4.05. The fourth-order valence-corrected chi connectivity index (χ4v) is 2.93. The number of hydrogen-bond donors (Lipinski definition) is 0. The van der Waals surface area contributed by atoms with Gasteiger partial charge in [-0.1, -0.05) is 16.8 Å². The number of benzene rings is 1. The van der Waals surface area contributed by atoms with E-state index in [9.17, 15) is 13.6 Å². The number of carbonyl (C=O) groups is 1. The number of aryl methyl sites for hydroxylation is 1. The highest BCUT2D eigenvalue weighted by molar-refractivity contribution is 6.33. The van der Waals surface area contributed by atoms with Crippen molar-refractivity contribution in [2.75, 3.05) is 6.54 Å². The minimum absolute atomic E-state index is 0.0484. The smallest absolute Gasteiger partial charge is 0.256 e. The number of nitrogens with zero attached hydrogens (tertiary/aromatic N) is 2. The van der Waals surface area contributed by atoms with E-state index in [0.29, 0.717) is 18.0 Å². The summed E-state index contributed by atoms with van der Waals surface area (Å²) in [7, 11) is 0. The molecule has 0 radical (unpaired) electrons. The fourth-order valence-electron chi connectivity index (χ4n) is 2.70. The summed E-state index contributed by atoms with van der Waals surface area (Å²) < 4.78 is 31.6. The number of likely N-dealkylation sites (tertiary alicyclic amines) is 1. The van der Waals surface area contributed by atoms with Gasteiger partial charge in [0.2, 0.25) is 0 Å². The maximum atomic E-state index is 13.4. The van der Waals surface area contributed by atoms with Crippen LogP contribution in [0.4, 0.5) is 8.78 Å². The highest BCUT2D eigenvalue weighted by Crippen LogP contribution is 2.34. The predicted molar refractivity (Wildman–Crippen MR) is 75.6 cm³/mol. The summed E-state index contributed by atoms with van der Waals surface area (Å²) in [6.45, 7) is 2.27. The lowest BCUT2D eigenvalue weighted by Gasteiger charge is -2.23. The summed E-state index contributed by atoms with van der Waals surface area (Å²) in [5, 5.41) is 3.84. The third kappa shape index (κ3) is 2.59. The van der Waals surface area contributed by atoms with E-state index < -0.39 is 17.5 Å². The van der Waals surface area contributed by atoms with Gasteiger partial charge >= 0.3 is 0 Å². The van der Waals surface area contributed by atoms with Crippen LogP contribution >= 0.6 is 11.6 Å². The normalized spacial score (nSPS) is 18.0. The standard InChI is InChI=1S/C15H13ClF2N2O2/c1-8-5-13(19-22-8)14-3-2-4-20(14)15(21)9-6-11(17)12(18)7-10(9)16/h5-7,14H,2-4H2,1H3. The quantitative estimate of drug-likeness (QED) is 0.786. The summed E-state index contributed by atoms with van der Waals surface area (Å²) in [4.78, 5) is 14.2. The topological polar surface area (TPSA) is 46.3 Å². The van der Waals surface area contributed by atoms with Crippen molar-refractivity contribution in [3.63, 3.8) is 0 Å². The lowest BCUT2D eigenvalue weighted by atomic mass is 10.1. The number of carbonyl (C=O) groups excluding carboxylic acids is 1. The highest BCUT2D eigenvalue weighted by atomic mass is 35.5. The molecule has 1 aromatic carbocycles. The molecule has 7 heteroatoms. The van der Waals surface area contributed by atoms with Crippen molar-refractivity contribution in [3.05, 3.63) is 51.9 Å². The number of halogens is 3. The van der Waals surface area contributed by atoms with Gasteiger partial charge < -0.3 is 9.42 Å². The molecular weight excluding hydrogens is 314 g/mol. The zero-order chi connectivity index (χ0) is 15.9. The molecule has 0 aliphatic carbocycles. The first kappa shape index (κ1) is 15.0. The minimum Gasteiger partial charge on any atom is -0.361 e. The SMILES string of the molecule is Cc1cc(C2CCCN2C(=O)c2cc(F)c(F)cc2Cl)no1. The Bertz CT molecular complexity index is 732. The Balaban J connectivity index is 1.92. The Morgan fingerprint density at radius 1 is 1.36 bits per heavy atom. The number of rotatable bonds is 2. The zero-order valence-electron chi connectivity index (χ0n) is 11.8. The fraction of sp³-hybridized carbons (Fsp3) is 0.333. The molecule has 0 saturated carbocycles. The molecule has 3 rings (SSSR count). The molecule has 1 atom stereocenters. The second-order valence-electron chi connectivity index (χ2n) is 5.27. The van der Waals surface area contributed by atoms with E-state index in [-0.39, 0.29) is 16.6 Å². The molecule has 0 N–H and O–H groups in total. The van der Waals surface area contributed by atoms with Crippen LogP contribution in [0.1, 0.15) is 40.7 Å². The monoisotopic (exact) mass is 326 g/mol. The molecule has 22 heavy (non-hydrogen) atoms. The molecule has 1 saturated heterocycles. The maximum Gasteiger partial charge on any atom is 0.256 e. The van der Waals surface area contributed by atoms with Crippen LogP contribution in [0.15, 0.2) is 22.7 Å². The van der Waals surface area contributed by atoms with Crippen LogP contribution in [0.25, 0.3) is 0 Å². The predicted octanol–water partition coefficient (Wildman–Crippen LogP) is 3.89. The third-order valence-electron chi connectivity index (χ3n) is 3.74. The molecule has 2 aromatic rings. The molecule has 2 heterocycles. The van der Waals surface area contributed by atoms with Crippen molar-refractivity contribution in [1.29, 1.82) is 0 Å². The van der Waals surface area contributed by atoms with Gasteiger partial charge in [0.15, 0.2) is 11.6 Å². The average Bonchev–Trinajstić information content (AvgIpc) is 3.10. The van der Waals surface area contributed by atoms with Crippen LogP contribution in [0, 0.1) is 18.6 Å². The summed E-state index contributed by atoms with van der Waals surface area (Å²) in [5.74, 6) is -1.96. The van der Waals surface area contributed by atoms with Crippen molar-refractivity contribution in [2.45, 2.75) is 25.8 Å². The van der Waals surface area contributed by atoms with E-state index >= 15 is 0 Å². The van der Waals surface area contributed by atoms with Crippen LogP contribution in [0.5, 0.6) is 0 Å². The van der Waals surface area contributed by atoms with Crippen LogP contribution in [0.2, 0.25) is 5.02 Å². The van der Waals surface area contributed by atoms with Crippen LogP contribution in [-0.4, -0.2) is 22.5 Å². The van der Waals surface area contributed by atoms with Gasteiger partial charge in [0.25, 0.3) is 5.91 Å². The molecule has 0 bridgehead atoms. The van der Waals surface area contributed by atoms with E-state index in [1.165, 1.54) is 0 Å². The van der Waals surface area contributed by atoms with Gasteiger partial charge in [-0.15, -0.1) is 0 Å². The first-order valence-electron chi connectivity index (χ1n) is 6.86. The van der Waals surface area contributed by atoms with Crippen LogP contribution < -0.4 is 0 Å². The lowest BCUT2D eigenvalue weighted by molar-refractivity contribution is 0.0730. The lowest BCUT2D eigenvalue weighted by Crippen LogP contribution is -2.31. The van der Waals surface area contributed by atoms with Crippen molar-refractivity contribution < 1.29 is 18.1 Å². The Morgan fingerprint density at radius 2 is 2.09 bits per heavy atom. The van der Waals surface area contributed by atoms with Gasteiger partial charge in [0.1, 0.15) is 11.5 Å². The Labute approximate surface area is 130 Å². The van der Waals surface area contributed by atoms with Crippen molar-refractivity contribution in [3.8, 4) is 0 Å². The number of amides is 1. The van der Waals surface area contributed by atoms with Gasteiger partial charge in [-0.25, -0.2) is 8.78 Å². The van der Waals surface area contributed by atoms with Gasteiger partial charge in [0, 0.05) is 12.6 Å². The number of aromatic nitrogens is 1. The molecule has 1 aliphatic heterocycles. The molecule has 1 unspecified atom stereocenters. The Hall–Kier alpha value is -1.95. The molecule has 4 nitrogen and oxygen atoms in total. The van der Waals surface area contributed by atoms with E-state index in [4.69, 9.17) is 16.1 Å². The van der Waals surface area contributed by atoms with Gasteiger partial charge in [-0.3, -0.25) is 4.79 Å². The molecule has 1 fully saturated rings. The van der Waals surface area contributed by atoms with Gasteiger partial charge in [-0.05, 0) is 31.9 Å². The molecule has 1 amide bonds. The molecule has 1 aliphatic rings. The van der Waals surface area contributed by atoms with E-state index in [0.717, 1.165) is 25.0 Å². The van der Waals surface area contributed by atoms with E-state index in [1.807, 2.05) is 0 Å². The summed E-state index contributed by atoms with van der Waals surface area (Å²) in [6, 6.07) is 3.18. The van der Waals surface area contributed by atoms with Crippen LogP contribution in [0.3, 0.4) is 0 Å². The zero-order valence-corrected chi connectivity index (χ0v) is 12.5. The van der Waals surface area contributed by atoms with E-state index in [1.54, 1.807) is 17.9 Å². The first-order chi connectivity index (χ1) is 10.5. The molecular formula is C15H13ClF2N2O2. The largest absolute Gasteiger partial charge is 0.361 e. The highest BCUT2D eigenvalue weighted by Gasteiger charge is 2.33. The maximum absolute atomic E-state index is 13.4. The summed E-state index contributed by atoms with van der Waals surface area (Å²) in [5.41, 5.74) is 0.606. The van der Waals surface area contributed by atoms with Crippen molar-refractivity contribution in [2.24, 2.45) is 0 Å². The Morgan fingerprint density at radius 3 is 2.77 bits per heavy atom. The van der Waals surface area contributed by atoms with Gasteiger partial charge in [-0.2, -0.15) is 0 Å². The summed E-state index contributed by atoms with van der Waals surface area (Å²) >= 11 is 5.88. The number of hydrogen-bond acceptors (Lipinski definition) is 3. The van der Waals surface area contributed by atoms with Gasteiger partial charge in [0.05, 0.1) is 16.6 Å². The molecule has 1 aromatic heterocycles. The van der Waals surface area contributed by atoms with Crippen molar-refractivity contribution in [1.82, 2.24) is 10.1 Å². The first-order valence-corrected chi connectivity index (χ1v) is 7.24. The van der Waals surface area contributed by atoms with Crippen molar-refractivity contribution >= 4 is 17.5 Å². The second kappa shape index (κ2) is 5.68. The second-order valence-corrected chi connectivity index (χ2v) is 5.67. The minimum atomic E-state index is -1.10. The van der Waals surface area contributed by atoms with E-state index in [2.05, 4.69) is 5.16 Å².